The lowest BCUT2D eigenvalue weighted by atomic mass is 10.1. The first-order chi connectivity index (χ1) is 8.00. The lowest BCUT2D eigenvalue weighted by molar-refractivity contribution is 0.0683. The SMILES string of the molecule is Cc1cccc(-n2nc(C(=O)O)nc2N)c1C. The van der Waals surface area contributed by atoms with Gasteiger partial charge in [0, 0.05) is 0 Å². The molecule has 17 heavy (non-hydrogen) atoms. The molecule has 0 unspecified atom stereocenters. The fourth-order valence-corrected chi connectivity index (χ4v) is 1.56. The Bertz CT molecular complexity index is 589. The van der Waals surface area contributed by atoms with E-state index in [1.165, 1.54) is 4.68 Å². The Morgan fingerprint density at radius 3 is 2.71 bits per heavy atom. The minimum absolute atomic E-state index is 0.0658. The number of nitrogen functional groups attached to an aromatic ring is 1. The number of aromatic nitrogens is 3. The van der Waals surface area contributed by atoms with Crippen LogP contribution in [0.1, 0.15) is 21.7 Å². The first kappa shape index (κ1) is 11.1. The predicted octanol–water partition coefficient (Wildman–Crippen LogP) is 1.16. The largest absolute Gasteiger partial charge is 0.475 e. The maximum Gasteiger partial charge on any atom is 0.375 e. The summed E-state index contributed by atoms with van der Waals surface area (Å²) in [7, 11) is 0. The van der Waals surface area contributed by atoms with E-state index in [0.717, 1.165) is 16.8 Å². The van der Waals surface area contributed by atoms with E-state index in [0.29, 0.717) is 0 Å². The first-order valence-electron chi connectivity index (χ1n) is 5.03. The average molecular weight is 232 g/mol. The van der Waals surface area contributed by atoms with Crippen LogP contribution in [0.25, 0.3) is 5.69 Å². The van der Waals surface area contributed by atoms with Crippen LogP contribution < -0.4 is 5.73 Å². The van der Waals surface area contributed by atoms with Gasteiger partial charge in [-0.1, -0.05) is 12.1 Å². The Balaban J connectivity index is 2.60. The molecule has 0 saturated carbocycles. The van der Waals surface area contributed by atoms with Crippen molar-refractivity contribution < 1.29 is 9.90 Å². The lowest BCUT2D eigenvalue weighted by Crippen LogP contribution is -2.05. The standard InChI is InChI=1S/C11H12N4O2/c1-6-4-3-5-8(7(6)2)15-11(12)13-9(14-15)10(16)17/h3-5H,1-2H3,(H,16,17)(H2,12,13,14). The number of nitrogens with two attached hydrogens (primary N) is 1. The second kappa shape index (κ2) is 3.89. The lowest BCUT2D eigenvalue weighted by Gasteiger charge is -2.08. The van der Waals surface area contributed by atoms with Crippen molar-refractivity contribution in [1.82, 2.24) is 14.8 Å². The quantitative estimate of drug-likeness (QED) is 0.810. The van der Waals surface area contributed by atoms with Crippen molar-refractivity contribution in [3.8, 4) is 5.69 Å². The van der Waals surface area contributed by atoms with Gasteiger partial charge in [0.1, 0.15) is 0 Å². The molecule has 1 aromatic heterocycles. The number of aromatic carboxylic acids is 1. The number of carboxylic acid groups (broad SMARTS) is 1. The summed E-state index contributed by atoms with van der Waals surface area (Å²) in [5.74, 6) is -1.43. The van der Waals surface area contributed by atoms with Gasteiger partial charge >= 0.3 is 5.97 Å². The molecule has 1 heterocycles. The highest BCUT2D eigenvalue weighted by molar-refractivity contribution is 5.83. The van der Waals surface area contributed by atoms with E-state index in [1.807, 2.05) is 32.0 Å². The van der Waals surface area contributed by atoms with Gasteiger partial charge in [-0.25, -0.2) is 4.79 Å². The molecule has 6 nitrogen and oxygen atoms in total. The van der Waals surface area contributed by atoms with Gasteiger partial charge in [-0.15, -0.1) is 5.10 Å². The Morgan fingerprint density at radius 1 is 1.41 bits per heavy atom. The van der Waals surface area contributed by atoms with Gasteiger partial charge in [0.2, 0.25) is 5.95 Å². The molecule has 2 rings (SSSR count). The molecule has 0 spiro atoms. The molecule has 0 aliphatic heterocycles. The molecule has 0 aliphatic rings. The average Bonchev–Trinajstić information content (AvgIpc) is 2.65. The minimum atomic E-state index is -1.19. The number of aryl methyl sites for hydroxylation is 1. The zero-order chi connectivity index (χ0) is 12.6. The minimum Gasteiger partial charge on any atom is -0.475 e. The maximum atomic E-state index is 10.8. The van der Waals surface area contributed by atoms with E-state index in [4.69, 9.17) is 10.8 Å². The van der Waals surface area contributed by atoms with E-state index in [1.54, 1.807) is 0 Å². The number of carbonyl (C=O) groups is 1. The van der Waals surface area contributed by atoms with Crippen LogP contribution in [-0.2, 0) is 0 Å². The summed E-state index contributed by atoms with van der Waals surface area (Å²) in [5, 5.41) is 12.7. The molecule has 3 N–H and O–H groups in total. The molecule has 0 radical (unpaired) electrons. The number of hydrogen-bond acceptors (Lipinski definition) is 4. The number of nitrogens with zero attached hydrogens (tertiary/aromatic N) is 3. The topological polar surface area (TPSA) is 94.0 Å². The molecule has 0 fully saturated rings. The van der Waals surface area contributed by atoms with Crippen molar-refractivity contribution in [3.05, 3.63) is 35.2 Å². The van der Waals surface area contributed by atoms with Crippen LogP contribution >= 0.6 is 0 Å². The van der Waals surface area contributed by atoms with E-state index >= 15 is 0 Å². The smallest absolute Gasteiger partial charge is 0.375 e. The third kappa shape index (κ3) is 1.84. The van der Waals surface area contributed by atoms with Crippen molar-refractivity contribution in [3.63, 3.8) is 0 Å². The fraction of sp³-hybridized carbons (Fsp3) is 0.182. The number of carboxylic acids is 1. The normalized spacial score (nSPS) is 10.5. The third-order valence-corrected chi connectivity index (χ3v) is 2.63. The summed E-state index contributed by atoms with van der Waals surface area (Å²) in [5.41, 5.74) is 8.46. The van der Waals surface area contributed by atoms with Crippen LogP contribution in [0.5, 0.6) is 0 Å². The monoisotopic (exact) mass is 232 g/mol. The molecule has 0 saturated heterocycles. The van der Waals surface area contributed by atoms with Crippen molar-refractivity contribution in [2.45, 2.75) is 13.8 Å². The summed E-state index contributed by atoms with van der Waals surface area (Å²) < 4.78 is 1.34. The molecule has 0 bridgehead atoms. The molecule has 1 aromatic carbocycles. The summed E-state index contributed by atoms with van der Waals surface area (Å²) >= 11 is 0. The second-order valence-electron chi connectivity index (χ2n) is 3.73. The van der Waals surface area contributed by atoms with Crippen LogP contribution in [0.3, 0.4) is 0 Å². The van der Waals surface area contributed by atoms with E-state index in [2.05, 4.69) is 10.1 Å². The summed E-state index contributed by atoms with van der Waals surface area (Å²) in [4.78, 5) is 14.4. The molecule has 0 atom stereocenters. The Labute approximate surface area is 97.7 Å². The first-order valence-corrected chi connectivity index (χ1v) is 5.03. The zero-order valence-electron chi connectivity index (χ0n) is 9.51. The Hall–Kier alpha value is -2.37. The molecule has 0 amide bonds. The highest BCUT2D eigenvalue weighted by atomic mass is 16.4. The van der Waals surface area contributed by atoms with E-state index in [9.17, 15) is 4.79 Å². The van der Waals surface area contributed by atoms with Crippen LogP contribution in [0.2, 0.25) is 0 Å². The number of rotatable bonds is 2. The maximum absolute atomic E-state index is 10.8. The highest BCUT2D eigenvalue weighted by Gasteiger charge is 2.15. The molecular weight excluding hydrogens is 220 g/mol. The zero-order valence-corrected chi connectivity index (χ0v) is 9.51. The van der Waals surface area contributed by atoms with Gasteiger partial charge in [0.15, 0.2) is 0 Å². The fourth-order valence-electron chi connectivity index (χ4n) is 1.56. The van der Waals surface area contributed by atoms with E-state index in [-0.39, 0.29) is 11.8 Å². The van der Waals surface area contributed by atoms with Gasteiger partial charge in [-0.3, -0.25) is 0 Å². The van der Waals surface area contributed by atoms with Crippen LogP contribution in [0, 0.1) is 13.8 Å². The second-order valence-corrected chi connectivity index (χ2v) is 3.73. The van der Waals surface area contributed by atoms with Gasteiger partial charge in [-0.05, 0) is 31.0 Å². The third-order valence-electron chi connectivity index (χ3n) is 2.63. The Morgan fingerprint density at radius 2 is 2.12 bits per heavy atom. The predicted molar refractivity (Wildman–Crippen MR) is 62.2 cm³/mol. The van der Waals surface area contributed by atoms with Crippen molar-refractivity contribution in [2.24, 2.45) is 0 Å². The molecular formula is C11H12N4O2. The molecule has 2 aromatic rings. The highest BCUT2D eigenvalue weighted by Crippen LogP contribution is 2.18. The van der Waals surface area contributed by atoms with Crippen LogP contribution in [0.4, 0.5) is 5.95 Å². The van der Waals surface area contributed by atoms with Gasteiger partial charge in [0.05, 0.1) is 5.69 Å². The Kier molecular flexibility index (Phi) is 2.55. The number of benzene rings is 1. The van der Waals surface area contributed by atoms with Gasteiger partial charge < -0.3 is 10.8 Å². The van der Waals surface area contributed by atoms with Crippen LogP contribution in [-0.4, -0.2) is 25.8 Å². The van der Waals surface area contributed by atoms with Gasteiger partial charge in [0.25, 0.3) is 5.82 Å². The number of hydrogen-bond donors (Lipinski definition) is 2. The summed E-state index contributed by atoms with van der Waals surface area (Å²) in [6, 6.07) is 5.64. The van der Waals surface area contributed by atoms with Crippen LogP contribution in [0.15, 0.2) is 18.2 Å². The van der Waals surface area contributed by atoms with Gasteiger partial charge in [-0.2, -0.15) is 9.67 Å². The summed E-state index contributed by atoms with van der Waals surface area (Å²) in [6.45, 7) is 3.89. The van der Waals surface area contributed by atoms with Crippen molar-refractivity contribution in [2.75, 3.05) is 5.73 Å². The molecule has 88 valence electrons. The number of anilines is 1. The molecule has 6 heteroatoms. The van der Waals surface area contributed by atoms with Crippen molar-refractivity contribution in [1.29, 1.82) is 0 Å². The van der Waals surface area contributed by atoms with E-state index < -0.39 is 5.97 Å². The summed E-state index contributed by atoms with van der Waals surface area (Å²) in [6.07, 6.45) is 0. The molecule has 0 aliphatic carbocycles. The van der Waals surface area contributed by atoms with Crippen molar-refractivity contribution >= 4 is 11.9 Å².